The van der Waals surface area contributed by atoms with E-state index in [1.54, 1.807) is 37.4 Å². The summed E-state index contributed by atoms with van der Waals surface area (Å²) in [6, 6.07) is 12.7. The molecule has 0 saturated carbocycles. The third kappa shape index (κ3) is 6.77. The summed E-state index contributed by atoms with van der Waals surface area (Å²) in [5.74, 6) is 0.272. The van der Waals surface area contributed by atoms with Gasteiger partial charge < -0.3 is 10.6 Å². The molecule has 0 heterocycles. The van der Waals surface area contributed by atoms with Crippen molar-refractivity contribution in [2.24, 2.45) is 4.99 Å². The largest absolute Gasteiger partial charge is 0.416 e. The molecule has 0 bridgehead atoms. The number of benzene rings is 2. The second-order valence-electron chi connectivity index (χ2n) is 6.46. The molecule has 158 valence electrons. The van der Waals surface area contributed by atoms with Crippen LogP contribution in [0.3, 0.4) is 0 Å². The molecule has 0 aliphatic carbocycles. The lowest BCUT2D eigenvalue weighted by atomic mass is 10.1. The van der Waals surface area contributed by atoms with Gasteiger partial charge in [0.1, 0.15) is 0 Å². The van der Waals surface area contributed by atoms with Crippen molar-refractivity contribution >= 4 is 15.8 Å². The van der Waals surface area contributed by atoms with Gasteiger partial charge in [-0.3, -0.25) is 4.99 Å². The molecular formula is C20H24F3N3O2S. The number of hydrogen-bond acceptors (Lipinski definition) is 3. The standard InChI is InChI=1S/C20H24F3N3O2S/c1-3-17(14-29(27,28)18-7-5-4-6-8-18)26-19(24-2)25-13-15-9-11-16(12-10-15)20(21,22)23/h4-12,17H,3,13-14H2,1-2H3,(H2,24,25,26). The van der Waals surface area contributed by atoms with Gasteiger partial charge in [0, 0.05) is 19.6 Å². The minimum Gasteiger partial charge on any atom is -0.353 e. The lowest BCUT2D eigenvalue weighted by Crippen LogP contribution is -2.45. The summed E-state index contributed by atoms with van der Waals surface area (Å²) in [6.45, 7) is 2.11. The van der Waals surface area contributed by atoms with Crippen molar-refractivity contribution < 1.29 is 21.6 Å². The van der Waals surface area contributed by atoms with Crippen LogP contribution in [0.15, 0.2) is 64.5 Å². The first-order valence-electron chi connectivity index (χ1n) is 9.07. The van der Waals surface area contributed by atoms with Crippen LogP contribution in [0.25, 0.3) is 0 Å². The summed E-state index contributed by atoms with van der Waals surface area (Å²) >= 11 is 0. The van der Waals surface area contributed by atoms with Gasteiger partial charge in [-0.25, -0.2) is 8.42 Å². The quantitative estimate of drug-likeness (QED) is 0.523. The van der Waals surface area contributed by atoms with Crippen LogP contribution in [-0.4, -0.2) is 33.2 Å². The number of sulfone groups is 1. The highest BCUT2D eigenvalue weighted by Gasteiger charge is 2.29. The Morgan fingerprint density at radius 2 is 1.69 bits per heavy atom. The number of aliphatic imine (C=N–C) groups is 1. The molecule has 9 heteroatoms. The van der Waals surface area contributed by atoms with Crippen molar-refractivity contribution in [1.29, 1.82) is 0 Å². The molecule has 0 amide bonds. The summed E-state index contributed by atoms with van der Waals surface area (Å²) in [7, 11) is -1.92. The maximum Gasteiger partial charge on any atom is 0.416 e. The minimum atomic E-state index is -4.37. The van der Waals surface area contributed by atoms with E-state index >= 15 is 0 Å². The van der Waals surface area contributed by atoms with Gasteiger partial charge in [0.2, 0.25) is 0 Å². The van der Waals surface area contributed by atoms with Crippen LogP contribution in [0.1, 0.15) is 24.5 Å². The van der Waals surface area contributed by atoms with Crippen LogP contribution < -0.4 is 10.6 Å². The molecule has 0 aliphatic rings. The molecule has 2 rings (SSSR count). The summed E-state index contributed by atoms with van der Waals surface area (Å²) < 4.78 is 63.0. The van der Waals surface area contributed by atoms with E-state index in [1.165, 1.54) is 12.1 Å². The molecule has 2 aromatic rings. The smallest absolute Gasteiger partial charge is 0.353 e. The number of nitrogens with zero attached hydrogens (tertiary/aromatic N) is 1. The van der Waals surface area contributed by atoms with E-state index in [0.717, 1.165) is 12.1 Å². The Balaban J connectivity index is 1.97. The maximum atomic E-state index is 12.6. The van der Waals surface area contributed by atoms with E-state index < -0.39 is 21.6 Å². The normalized spacial score (nSPS) is 13.8. The van der Waals surface area contributed by atoms with Crippen molar-refractivity contribution in [2.45, 2.75) is 37.0 Å². The average molecular weight is 427 g/mol. The first kappa shape index (κ1) is 22.7. The van der Waals surface area contributed by atoms with Crippen LogP contribution in [0.2, 0.25) is 0 Å². The lowest BCUT2D eigenvalue weighted by molar-refractivity contribution is -0.137. The van der Waals surface area contributed by atoms with Gasteiger partial charge in [-0.05, 0) is 36.2 Å². The lowest BCUT2D eigenvalue weighted by Gasteiger charge is -2.20. The van der Waals surface area contributed by atoms with Crippen molar-refractivity contribution in [1.82, 2.24) is 10.6 Å². The fourth-order valence-corrected chi connectivity index (χ4v) is 4.25. The first-order chi connectivity index (χ1) is 13.7. The van der Waals surface area contributed by atoms with E-state index in [1.807, 2.05) is 6.92 Å². The zero-order valence-corrected chi connectivity index (χ0v) is 17.0. The molecule has 0 fully saturated rings. The molecule has 2 aromatic carbocycles. The Kier molecular flexibility index (Phi) is 7.66. The SMILES string of the molecule is CCC(CS(=O)(=O)c1ccccc1)NC(=NC)NCc1ccc(C(F)(F)F)cc1. The van der Waals surface area contributed by atoms with E-state index in [4.69, 9.17) is 0 Å². The van der Waals surface area contributed by atoms with Crippen LogP contribution in [0, 0.1) is 0 Å². The number of alkyl halides is 3. The molecular weight excluding hydrogens is 403 g/mol. The maximum absolute atomic E-state index is 12.6. The zero-order chi connectivity index (χ0) is 21.5. The summed E-state index contributed by atoms with van der Waals surface area (Å²) in [5, 5.41) is 6.06. The molecule has 0 spiro atoms. The third-order valence-electron chi connectivity index (χ3n) is 4.32. The van der Waals surface area contributed by atoms with Crippen LogP contribution >= 0.6 is 0 Å². The molecule has 0 radical (unpaired) electrons. The molecule has 0 aromatic heterocycles. The Morgan fingerprint density at radius 3 is 2.21 bits per heavy atom. The molecule has 5 nitrogen and oxygen atoms in total. The molecule has 0 aliphatic heterocycles. The highest BCUT2D eigenvalue weighted by molar-refractivity contribution is 7.91. The van der Waals surface area contributed by atoms with Gasteiger partial charge in [-0.15, -0.1) is 0 Å². The van der Waals surface area contributed by atoms with Crippen LogP contribution in [0.5, 0.6) is 0 Å². The van der Waals surface area contributed by atoms with Gasteiger partial charge in [0.05, 0.1) is 16.2 Å². The van der Waals surface area contributed by atoms with E-state index in [0.29, 0.717) is 17.9 Å². The molecule has 1 unspecified atom stereocenters. The van der Waals surface area contributed by atoms with Crippen molar-refractivity contribution in [3.05, 3.63) is 65.7 Å². The molecule has 0 saturated heterocycles. The Bertz CT molecular complexity index is 912. The summed E-state index contributed by atoms with van der Waals surface area (Å²) in [5.41, 5.74) is -0.0631. The fourth-order valence-electron chi connectivity index (χ4n) is 2.64. The predicted molar refractivity (Wildman–Crippen MR) is 107 cm³/mol. The van der Waals surface area contributed by atoms with Gasteiger partial charge >= 0.3 is 6.18 Å². The highest BCUT2D eigenvalue weighted by Crippen LogP contribution is 2.29. The topological polar surface area (TPSA) is 70.6 Å². The monoisotopic (exact) mass is 427 g/mol. The Hall–Kier alpha value is -2.55. The Labute approximate surface area is 169 Å². The molecule has 29 heavy (non-hydrogen) atoms. The van der Waals surface area contributed by atoms with Gasteiger partial charge in [-0.2, -0.15) is 13.2 Å². The highest BCUT2D eigenvalue weighted by atomic mass is 32.2. The average Bonchev–Trinajstić information content (AvgIpc) is 2.70. The molecule has 1 atom stereocenters. The van der Waals surface area contributed by atoms with Crippen molar-refractivity contribution in [3.8, 4) is 0 Å². The fraction of sp³-hybridized carbons (Fsp3) is 0.350. The number of nitrogens with one attached hydrogen (secondary N) is 2. The van der Waals surface area contributed by atoms with Gasteiger partial charge in [-0.1, -0.05) is 37.3 Å². The molecule has 2 N–H and O–H groups in total. The summed E-state index contributed by atoms with van der Waals surface area (Å²) in [4.78, 5) is 4.33. The number of rotatable bonds is 7. The number of halogens is 3. The number of guanidine groups is 1. The van der Waals surface area contributed by atoms with E-state index in [-0.39, 0.29) is 23.2 Å². The second kappa shape index (κ2) is 9.78. The predicted octanol–water partition coefficient (Wildman–Crippen LogP) is 3.62. The van der Waals surface area contributed by atoms with Gasteiger partial charge in [0.15, 0.2) is 15.8 Å². The zero-order valence-electron chi connectivity index (χ0n) is 16.2. The van der Waals surface area contributed by atoms with E-state index in [9.17, 15) is 21.6 Å². The van der Waals surface area contributed by atoms with Gasteiger partial charge in [0.25, 0.3) is 0 Å². The van der Waals surface area contributed by atoms with E-state index in [2.05, 4.69) is 15.6 Å². The third-order valence-corrected chi connectivity index (χ3v) is 6.15. The van der Waals surface area contributed by atoms with Crippen LogP contribution in [0.4, 0.5) is 13.2 Å². The second-order valence-corrected chi connectivity index (χ2v) is 8.50. The van der Waals surface area contributed by atoms with Crippen molar-refractivity contribution in [3.63, 3.8) is 0 Å². The first-order valence-corrected chi connectivity index (χ1v) is 10.7. The summed E-state index contributed by atoms with van der Waals surface area (Å²) in [6.07, 6.45) is -3.82. The van der Waals surface area contributed by atoms with Crippen molar-refractivity contribution in [2.75, 3.05) is 12.8 Å². The van der Waals surface area contributed by atoms with Crippen LogP contribution in [-0.2, 0) is 22.6 Å². The minimum absolute atomic E-state index is 0.103. The Morgan fingerprint density at radius 1 is 1.07 bits per heavy atom. The number of hydrogen-bond donors (Lipinski definition) is 2.